The Morgan fingerprint density at radius 3 is 3.04 bits per heavy atom. The van der Waals surface area contributed by atoms with E-state index in [2.05, 4.69) is 15.6 Å². The van der Waals surface area contributed by atoms with Gasteiger partial charge in [0.1, 0.15) is 11.6 Å². The van der Waals surface area contributed by atoms with Gasteiger partial charge in [-0.25, -0.2) is 13.8 Å². The van der Waals surface area contributed by atoms with Gasteiger partial charge in [-0.15, -0.1) is 0 Å². The number of hydrogen-bond acceptors (Lipinski definition) is 4. The highest BCUT2D eigenvalue weighted by Gasteiger charge is 2.15. The lowest BCUT2D eigenvalue weighted by molar-refractivity contribution is -0.121. The summed E-state index contributed by atoms with van der Waals surface area (Å²) in [7, 11) is 0. The summed E-state index contributed by atoms with van der Waals surface area (Å²) in [6.07, 6.45) is 4.24. The van der Waals surface area contributed by atoms with Gasteiger partial charge >= 0.3 is 0 Å². The van der Waals surface area contributed by atoms with E-state index in [1.807, 2.05) is 0 Å². The Hall–Kier alpha value is -2.28. The monoisotopic (exact) mass is 349 g/mol. The number of hydrogen-bond donors (Lipinski definition) is 2. The second-order valence-corrected chi connectivity index (χ2v) is 6.26. The van der Waals surface area contributed by atoms with Gasteiger partial charge in [-0.05, 0) is 44.0 Å². The lowest BCUT2D eigenvalue weighted by Crippen LogP contribution is -2.38. The molecule has 1 unspecified atom stereocenters. The first-order valence-corrected chi connectivity index (χ1v) is 8.49. The summed E-state index contributed by atoms with van der Waals surface area (Å²) >= 11 is 0. The molecule has 7 heteroatoms. The molecule has 0 bridgehead atoms. The van der Waals surface area contributed by atoms with Gasteiger partial charge in [0.2, 0.25) is 5.91 Å². The molecule has 3 rings (SSSR count). The molecule has 0 aliphatic carbocycles. The van der Waals surface area contributed by atoms with Crippen molar-refractivity contribution in [3.8, 4) is 11.3 Å². The quantitative estimate of drug-likeness (QED) is 0.841. The predicted molar refractivity (Wildman–Crippen MR) is 88.8 cm³/mol. The van der Waals surface area contributed by atoms with Crippen LogP contribution in [0.1, 0.15) is 25.2 Å². The Balaban J connectivity index is 1.48. The fourth-order valence-electron chi connectivity index (χ4n) is 2.90. The van der Waals surface area contributed by atoms with Crippen molar-refractivity contribution < 1.29 is 18.0 Å². The highest BCUT2D eigenvalue weighted by atomic mass is 19.1. The SMILES string of the molecule is O=C(CCc1ncc(-c2ccc(F)cc2F)o1)NCC1CCCNC1. The molecule has 1 aliphatic heterocycles. The molecule has 1 atom stereocenters. The fourth-order valence-corrected chi connectivity index (χ4v) is 2.90. The molecule has 0 spiro atoms. The number of aryl methyl sites for hydroxylation is 1. The number of rotatable bonds is 6. The zero-order valence-electron chi connectivity index (χ0n) is 13.9. The van der Waals surface area contributed by atoms with E-state index in [1.165, 1.54) is 12.3 Å². The summed E-state index contributed by atoms with van der Waals surface area (Å²) in [4.78, 5) is 16.0. The molecule has 1 aromatic heterocycles. The Bertz CT molecular complexity index is 727. The Morgan fingerprint density at radius 2 is 2.28 bits per heavy atom. The molecule has 1 aromatic carbocycles. The van der Waals surface area contributed by atoms with E-state index in [9.17, 15) is 13.6 Å². The number of nitrogens with zero attached hydrogens (tertiary/aromatic N) is 1. The summed E-state index contributed by atoms with van der Waals surface area (Å²) < 4.78 is 32.2. The van der Waals surface area contributed by atoms with Crippen LogP contribution < -0.4 is 10.6 Å². The maximum Gasteiger partial charge on any atom is 0.220 e. The van der Waals surface area contributed by atoms with Crippen molar-refractivity contribution in [2.24, 2.45) is 5.92 Å². The van der Waals surface area contributed by atoms with Crippen molar-refractivity contribution in [2.75, 3.05) is 19.6 Å². The average Bonchev–Trinajstić information content (AvgIpc) is 3.08. The zero-order valence-corrected chi connectivity index (χ0v) is 13.9. The molecule has 1 amide bonds. The zero-order chi connectivity index (χ0) is 17.6. The third-order valence-corrected chi connectivity index (χ3v) is 4.30. The van der Waals surface area contributed by atoms with Crippen LogP contribution in [0.15, 0.2) is 28.8 Å². The van der Waals surface area contributed by atoms with Gasteiger partial charge in [0.25, 0.3) is 0 Å². The molecule has 25 heavy (non-hydrogen) atoms. The molecule has 0 radical (unpaired) electrons. The number of amides is 1. The Kier molecular flexibility index (Phi) is 5.75. The number of halogens is 2. The maximum absolute atomic E-state index is 13.7. The number of aromatic nitrogens is 1. The summed E-state index contributed by atoms with van der Waals surface area (Å²) in [5.74, 6) is -0.354. The van der Waals surface area contributed by atoms with E-state index >= 15 is 0 Å². The summed E-state index contributed by atoms with van der Waals surface area (Å²) in [5.41, 5.74) is 0.148. The Morgan fingerprint density at radius 1 is 1.40 bits per heavy atom. The van der Waals surface area contributed by atoms with Crippen LogP contribution in [0.5, 0.6) is 0 Å². The lowest BCUT2D eigenvalue weighted by atomic mass is 10.00. The van der Waals surface area contributed by atoms with Crippen LogP contribution in [-0.2, 0) is 11.2 Å². The molecular weight excluding hydrogens is 328 g/mol. The van der Waals surface area contributed by atoms with Gasteiger partial charge in [0.15, 0.2) is 11.7 Å². The first-order chi connectivity index (χ1) is 12.1. The third-order valence-electron chi connectivity index (χ3n) is 4.30. The number of benzene rings is 1. The number of nitrogens with one attached hydrogen (secondary N) is 2. The maximum atomic E-state index is 13.7. The molecule has 0 saturated carbocycles. The van der Waals surface area contributed by atoms with Gasteiger partial charge in [-0.1, -0.05) is 0 Å². The minimum Gasteiger partial charge on any atom is -0.441 e. The van der Waals surface area contributed by atoms with Gasteiger partial charge in [0.05, 0.1) is 11.8 Å². The molecule has 2 heterocycles. The van der Waals surface area contributed by atoms with E-state index < -0.39 is 11.6 Å². The van der Waals surface area contributed by atoms with Crippen molar-refractivity contribution in [3.63, 3.8) is 0 Å². The summed E-state index contributed by atoms with van der Waals surface area (Å²) in [6.45, 7) is 2.65. The summed E-state index contributed by atoms with van der Waals surface area (Å²) in [5, 5.41) is 6.24. The van der Waals surface area contributed by atoms with Crippen LogP contribution >= 0.6 is 0 Å². The normalized spacial score (nSPS) is 17.4. The van der Waals surface area contributed by atoms with Crippen molar-refractivity contribution in [3.05, 3.63) is 41.9 Å². The van der Waals surface area contributed by atoms with E-state index in [0.29, 0.717) is 24.8 Å². The molecule has 1 fully saturated rings. The standard InChI is InChI=1S/C18H21F2N3O2/c19-13-3-4-14(15(20)8-13)16-11-23-18(25-16)6-5-17(24)22-10-12-2-1-7-21-9-12/h3-4,8,11-12,21H,1-2,5-7,9-10H2,(H,22,24). The van der Waals surface area contributed by atoms with Gasteiger partial charge in [-0.2, -0.15) is 0 Å². The second kappa shape index (κ2) is 8.20. The van der Waals surface area contributed by atoms with Gasteiger partial charge in [-0.3, -0.25) is 4.79 Å². The van der Waals surface area contributed by atoms with E-state index in [0.717, 1.165) is 38.1 Å². The number of carbonyl (C=O) groups is 1. The van der Waals surface area contributed by atoms with Gasteiger partial charge in [0, 0.05) is 25.5 Å². The number of piperidine rings is 1. The molecule has 1 saturated heterocycles. The van der Waals surface area contributed by atoms with E-state index in [-0.39, 0.29) is 23.7 Å². The minimum atomic E-state index is -0.707. The smallest absolute Gasteiger partial charge is 0.220 e. The fraction of sp³-hybridized carbons (Fsp3) is 0.444. The second-order valence-electron chi connectivity index (χ2n) is 6.26. The average molecular weight is 349 g/mol. The molecule has 5 nitrogen and oxygen atoms in total. The molecule has 2 aromatic rings. The van der Waals surface area contributed by atoms with E-state index in [1.54, 1.807) is 0 Å². The number of oxazole rings is 1. The molecule has 2 N–H and O–H groups in total. The minimum absolute atomic E-state index is 0.0571. The topological polar surface area (TPSA) is 67.2 Å². The van der Waals surface area contributed by atoms with Crippen molar-refractivity contribution in [1.29, 1.82) is 0 Å². The Labute approximate surface area is 144 Å². The van der Waals surface area contributed by atoms with Crippen molar-refractivity contribution in [2.45, 2.75) is 25.7 Å². The number of carbonyl (C=O) groups excluding carboxylic acids is 1. The van der Waals surface area contributed by atoms with Crippen LogP contribution in [-0.4, -0.2) is 30.5 Å². The van der Waals surface area contributed by atoms with Crippen LogP contribution in [0.2, 0.25) is 0 Å². The van der Waals surface area contributed by atoms with Crippen molar-refractivity contribution in [1.82, 2.24) is 15.6 Å². The third kappa shape index (κ3) is 4.85. The highest BCUT2D eigenvalue weighted by molar-refractivity contribution is 5.76. The van der Waals surface area contributed by atoms with E-state index in [4.69, 9.17) is 4.42 Å². The highest BCUT2D eigenvalue weighted by Crippen LogP contribution is 2.24. The van der Waals surface area contributed by atoms with Crippen molar-refractivity contribution >= 4 is 5.91 Å². The van der Waals surface area contributed by atoms with Crippen LogP contribution in [0.25, 0.3) is 11.3 Å². The molecule has 1 aliphatic rings. The largest absolute Gasteiger partial charge is 0.441 e. The molecular formula is C18H21F2N3O2. The first kappa shape index (κ1) is 17.5. The van der Waals surface area contributed by atoms with Crippen LogP contribution in [0.4, 0.5) is 8.78 Å². The lowest BCUT2D eigenvalue weighted by Gasteiger charge is -2.22. The van der Waals surface area contributed by atoms with Crippen LogP contribution in [0.3, 0.4) is 0 Å². The van der Waals surface area contributed by atoms with Gasteiger partial charge < -0.3 is 15.1 Å². The summed E-state index contributed by atoms with van der Waals surface area (Å²) in [6, 6.07) is 3.26. The first-order valence-electron chi connectivity index (χ1n) is 8.49. The molecule has 134 valence electrons. The predicted octanol–water partition coefficient (Wildman–Crippen LogP) is 2.67. The van der Waals surface area contributed by atoms with Crippen LogP contribution in [0, 0.1) is 17.6 Å².